The highest BCUT2D eigenvalue weighted by Gasteiger charge is 2.17. The van der Waals surface area contributed by atoms with Crippen molar-refractivity contribution >= 4 is 0 Å². The first kappa shape index (κ1) is 10.0. The van der Waals surface area contributed by atoms with Gasteiger partial charge in [0.2, 0.25) is 0 Å². The molecule has 0 amide bonds. The Bertz CT molecular complexity index is 125. The highest BCUT2D eigenvalue weighted by Crippen LogP contribution is 2.17. The zero-order chi connectivity index (χ0) is 8.97. The van der Waals surface area contributed by atoms with E-state index in [-0.39, 0.29) is 0 Å². The highest BCUT2D eigenvalue weighted by atomic mass is 16.3. The molecule has 0 aromatic carbocycles. The second-order valence-electron chi connectivity index (χ2n) is 4.11. The fourth-order valence-electron chi connectivity index (χ4n) is 1.89. The van der Waals surface area contributed by atoms with Gasteiger partial charge in [-0.25, -0.2) is 0 Å². The maximum Gasteiger partial charge on any atom is 0.0459 e. The zero-order valence-corrected chi connectivity index (χ0v) is 8.29. The Hall–Kier alpha value is -0.0800. The molecule has 1 N–H and O–H groups in total. The molecule has 1 aliphatic heterocycles. The van der Waals surface area contributed by atoms with Gasteiger partial charge in [-0.1, -0.05) is 0 Å². The van der Waals surface area contributed by atoms with Gasteiger partial charge in [0, 0.05) is 12.6 Å². The van der Waals surface area contributed by atoms with Gasteiger partial charge in [-0.15, -0.1) is 0 Å². The van der Waals surface area contributed by atoms with Crippen molar-refractivity contribution in [2.24, 2.45) is 5.92 Å². The molecule has 72 valence electrons. The fraction of sp³-hybridized carbons (Fsp3) is 1.00. The Morgan fingerprint density at radius 3 is 2.67 bits per heavy atom. The van der Waals surface area contributed by atoms with Gasteiger partial charge in [0.25, 0.3) is 0 Å². The lowest BCUT2D eigenvalue weighted by atomic mass is 10.0. The van der Waals surface area contributed by atoms with Crippen molar-refractivity contribution in [1.82, 2.24) is 4.90 Å². The molecule has 0 spiro atoms. The van der Waals surface area contributed by atoms with Gasteiger partial charge in [0.15, 0.2) is 0 Å². The van der Waals surface area contributed by atoms with E-state index in [2.05, 4.69) is 18.7 Å². The molecule has 1 saturated heterocycles. The molecular weight excluding hydrogens is 150 g/mol. The van der Waals surface area contributed by atoms with Crippen LogP contribution in [-0.2, 0) is 0 Å². The van der Waals surface area contributed by atoms with Crippen LogP contribution in [0.1, 0.15) is 33.1 Å². The molecule has 1 fully saturated rings. The molecular formula is C10H21NO. The molecule has 2 nitrogen and oxygen atoms in total. The Morgan fingerprint density at radius 2 is 2.08 bits per heavy atom. The van der Waals surface area contributed by atoms with Gasteiger partial charge in [0.05, 0.1) is 0 Å². The van der Waals surface area contributed by atoms with Crippen LogP contribution in [0, 0.1) is 5.92 Å². The minimum Gasteiger partial charge on any atom is -0.396 e. The van der Waals surface area contributed by atoms with Crippen LogP contribution in [0.25, 0.3) is 0 Å². The average molecular weight is 171 g/mol. The van der Waals surface area contributed by atoms with E-state index in [4.69, 9.17) is 5.11 Å². The van der Waals surface area contributed by atoms with Gasteiger partial charge in [-0.05, 0) is 52.1 Å². The maximum atomic E-state index is 9.02. The minimum atomic E-state index is 0.381. The summed E-state index contributed by atoms with van der Waals surface area (Å²) in [7, 11) is 0. The van der Waals surface area contributed by atoms with Gasteiger partial charge in [0.1, 0.15) is 0 Å². The molecule has 2 heteroatoms. The van der Waals surface area contributed by atoms with E-state index < -0.39 is 0 Å². The van der Waals surface area contributed by atoms with E-state index in [1.807, 2.05) is 0 Å². The first-order valence-electron chi connectivity index (χ1n) is 5.09. The Morgan fingerprint density at radius 1 is 1.33 bits per heavy atom. The maximum absolute atomic E-state index is 9.02. The third kappa shape index (κ3) is 2.76. The lowest BCUT2D eigenvalue weighted by Gasteiger charge is -2.24. The molecule has 0 aromatic heterocycles. The number of aliphatic hydroxyl groups excluding tert-OH is 1. The zero-order valence-electron chi connectivity index (χ0n) is 8.29. The Labute approximate surface area is 75.6 Å². The van der Waals surface area contributed by atoms with Crippen LogP contribution in [0.15, 0.2) is 0 Å². The minimum absolute atomic E-state index is 0.381. The number of nitrogens with zero attached hydrogens (tertiary/aromatic N) is 1. The van der Waals surface area contributed by atoms with E-state index in [0.29, 0.717) is 18.6 Å². The molecule has 0 aliphatic carbocycles. The summed E-state index contributed by atoms with van der Waals surface area (Å²) in [5, 5.41) is 9.02. The van der Waals surface area contributed by atoms with E-state index in [0.717, 1.165) is 0 Å². The van der Waals surface area contributed by atoms with Crippen molar-refractivity contribution in [2.45, 2.75) is 39.2 Å². The van der Waals surface area contributed by atoms with Crippen molar-refractivity contribution in [2.75, 3.05) is 19.7 Å². The van der Waals surface area contributed by atoms with Gasteiger partial charge < -0.3 is 10.0 Å². The van der Waals surface area contributed by atoms with E-state index in [9.17, 15) is 0 Å². The summed E-state index contributed by atoms with van der Waals surface area (Å²) >= 11 is 0. The largest absolute Gasteiger partial charge is 0.396 e. The lowest BCUT2D eigenvalue weighted by molar-refractivity contribution is 0.198. The van der Waals surface area contributed by atoms with Crippen LogP contribution in [0.3, 0.4) is 0 Å². The summed E-state index contributed by atoms with van der Waals surface area (Å²) in [4.78, 5) is 2.51. The van der Waals surface area contributed by atoms with Crippen molar-refractivity contribution < 1.29 is 5.11 Å². The van der Waals surface area contributed by atoms with E-state index in [1.54, 1.807) is 0 Å². The van der Waals surface area contributed by atoms with Crippen molar-refractivity contribution in [3.63, 3.8) is 0 Å². The van der Waals surface area contributed by atoms with E-state index in [1.165, 1.54) is 32.4 Å². The summed E-state index contributed by atoms with van der Waals surface area (Å²) in [6, 6.07) is 0.669. The first-order valence-corrected chi connectivity index (χ1v) is 5.09. The molecule has 0 saturated carbocycles. The third-order valence-corrected chi connectivity index (χ3v) is 2.87. The molecule has 12 heavy (non-hydrogen) atoms. The second kappa shape index (κ2) is 4.83. The number of rotatable bonds is 2. The predicted octanol–water partition coefficient (Wildman–Crippen LogP) is 1.49. The monoisotopic (exact) mass is 171 g/mol. The van der Waals surface area contributed by atoms with Crippen LogP contribution in [0.4, 0.5) is 0 Å². The van der Waals surface area contributed by atoms with Gasteiger partial charge in [-0.3, -0.25) is 0 Å². The first-order chi connectivity index (χ1) is 5.74. The molecule has 1 rings (SSSR count). The standard InChI is InChI=1S/C10H21NO/c1-9(2)11-6-3-4-10(8-12)5-7-11/h9-10,12H,3-8H2,1-2H3. The molecule has 0 bridgehead atoms. The van der Waals surface area contributed by atoms with Crippen LogP contribution < -0.4 is 0 Å². The third-order valence-electron chi connectivity index (χ3n) is 2.87. The predicted molar refractivity (Wildman–Crippen MR) is 51.1 cm³/mol. The summed E-state index contributed by atoms with van der Waals surface area (Å²) < 4.78 is 0. The lowest BCUT2D eigenvalue weighted by Crippen LogP contribution is -2.31. The molecule has 0 aromatic rings. The van der Waals surface area contributed by atoms with Crippen LogP contribution in [0.5, 0.6) is 0 Å². The smallest absolute Gasteiger partial charge is 0.0459 e. The van der Waals surface area contributed by atoms with E-state index >= 15 is 0 Å². The number of hydrogen-bond donors (Lipinski definition) is 1. The normalized spacial score (nSPS) is 27.5. The SMILES string of the molecule is CC(C)N1CCCC(CO)CC1. The molecule has 1 atom stereocenters. The Kier molecular flexibility index (Phi) is 4.02. The quantitative estimate of drug-likeness (QED) is 0.680. The average Bonchev–Trinajstić information content (AvgIpc) is 2.28. The second-order valence-corrected chi connectivity index (χ2v) is 4.11. The summed E-state index contributed by atoms with van der Waals surface area (Å²) in [5.41, 5.74) is 0. The topological polar surface area (TPSA) is 23.5 Å². The molecule has 1 unspecified atom stereocenters. The summed E-state index contributed by atoms with van der Waals surface area (Å²) in [6.45, 7) is 7.27. The van der Waals surface area contributed by atoms with Crippen LogP contribution in [-0.4, -0.2) is 35.7 Å². The number of aliphatic hydroxyl groups is 1. The summed E-state index contributed by atoms with van der Waals surface area (Å²) in [6.07, 6.45) is 3.64. The van der Waals surface area contributed by atoms with Crippen molar-refractivity contribution in [3.8, 4) is 0 Å². The molecule has 0 radical (unpaired) electrons. The van der Waals surface area contributed by atoms with Gasteiger partial charge >= 0.3 is 0 Å². The van der Waals surface area contributed by atoms with Crippen LogP contribution in [0.2, 0.25) is 0 Å². The van der Waals surface area contributed by atoms with Crippen molar-refractivity contribution in [3.05, 3.63) is 0 Å². The fourth-order valence-corrected chi connectivity index (χ4v) is 1.89. The van der Waals surface area contributed by atoms with Crippen molar-refractivity contribution in [1.29, 1.82) is 0 Å². The molecule has 1 heterocycles. The summed E-state index contributed by atoms with van der Waals surface area (Å²) in [5.74, 6) is 0.564. The molecule has 1 aliphatic rings. The van der Waals surface area contributed by atoms with Gasteiger partial charge in [-0.2, -0.15) is 0 Å². The van der Waals surface area contributed by atoms with Crippen LogP contribution >= 0.6 is 0 Å². The highest BCUT2D eigenvalue weighted by molar-refractivity contribution is 4.71. The number of hydrogen-bond acceptors (Lipinski definition) is 2. The number of likely N-dealkylation sites (tertiary alicyclic amines) is 1. The Balaban J connectivity index is 2.34.